The van der Waals surface area contributed by atoms with Crippen molar-refractivity contribution in [3.05, 3.63) is 33.8 Å². The Morgan fingerprint density at radius 2 is 2.06 bits per heavy atom. The van der Waals surface area contributed by atoms with E-state index in [1.165, 1.54) is 12.0 Å². The summed E-state index contributed by atoms with van der Waals surface area (Å²) < 4.78 is 0. The highest BCUT2D eigenvalue weighted by atomic mass is 35.5. The van der Waals surface area contributed by atoms with Gasteiger partial charge in [-0.1, -0.05) is 36.2 Å². The molecule has 1 unspecified atom stereocenters. The Kier molecular flexibility index (Phi) is 6.18. The van der Waals surface area contributed by atoms with Crippen molar-refractivity contribution < 1.29 is 0 Å². The van der Waals surface area contributed by atoms with Gasteiger partial charge in [0.2, 0.25) is 0 Å². The van der Waals surface area contributed by atoms with Gasteiger partial charge >= 0.3 is 0 Å². The molecule has 0 spiro atoms. The van der Waals surface area contributed by atoms with Gasteiger partial charge in [0.25, 0.3) is 0 Å². The lowest BCUT2D eigenvalue weighted by Crippen LogP contribution is -2.27. The van der Waals surface area contributed by atoms with Crippen LogP contribution in [0.15, 0.2) is 18.2 Å². The van der Waals surface area contributed by atoms with Crippen molar-refractivity contribution >= 4 is 23.2 Å². The van der Waals surface area contributed by atoms with E-state index in [1.807, 2.05) is 18.2 Å². The van der Waals surface area contributed by atoms with Crippen molar-refractivity contribution in [1.82, 2.24) is 5.32 Å². The molecule has 1 N–H and O–H groups in total. The molecule has 0 aliphatic heterocycles. The Bertz CT molecular complexity index is 326. The second-order valence-corrected chi connectivity index (χ2v) is 4.97. The number of halogens is 2. The number of hydrogen-bond donors (Lipinski definition) is 1. The normalized spacial score (nSPS) is 12.8. The fourth-order valence-electron chi connectivity index (χ4n) is 1.59. The lowest BCUT2D eigenvalue weighted by molar-refractivity contribution is 0.514. The first kappa shape index (κ1) is 13.8. The molecule has 1 nitrogen and oxygen atoms in total. The molecule has 0 heterocycles. The minimum absolute atomic E-state index is 0.534. The molecule has 16 heavy (non-hydrogen) atoms. The van der Waals surface area contributed by atoms with Crippen LogP contribution in [0.1, 0.15) is 32.3 Å². The van der Waals surface area contributed by atoms with Crippen LogP contribution in [-0.2, 0) is 6.42 Å². The lowest BCUT2D eigenvalue weighted by Gasteiger charge is -2.13. The summed E-state index contributed by atoms with van der Waals surface area (Å²) in [5, 5.41) is 4.94. The number of benzene rings is 1. The Morgan fingerprint density at radius 1 is 1.31 bits per heavy atom. The van der Waals surface area contributed by atoms with Crippen LogP contribution in [0.25, 0.3) is 0 Å². The van der Waals surface area contributed by atoms with Crippen molar-refractivity contribution in [3.8, 4) is 0 Å². The largest absolute Gasteiger partial charge is 0.314 e. The highest BCUT2D eigenvalue weighted by molar-refractivity contribution is 6.35. The number of hydrogen-bond acceptors (Lipinski definition) is 1. The molecule has 1 aromatic carbocycles. The average Bonchev–Trinajstić information content (AvgIpc) is 2.25. The summed E-state index contributed by atoms with van der Waals surface area (Å²) in [5.41, 5.74) is 1.18. The Balaban J connectivity index is 2.42. The van der Waals surface area contributed by atoms with Crippen molar-refractivity contribution in [3.63, 3.8) is 0 Å². The first-order valence-electron chi connectivity index (χ1n) is 5.80. The fourth-order valence-corrected chi connectivity index (χ4v) is 2.09. The van der Waals surface area contributed by atoms with Crippen LogP contribution in [0.2, 0.25) is 10.0 Å². The zero-order valence-corrected chi connectivity index (χ0v) is 11.4. The van der Waals surface area contributed by atoms with Gasteiger partial charge in [0.15, 0.2) is 0 Å². The minimum atomic E-state index is 0.534. The Hall–Kier alpha value is -0.240. The average molecular weight is 260 g/mol. The van der Waals surface area contributed by atoms with Gasteiger partial charge in [-0.3, -0.25) is 0 Å². The SMILES string of the molecule is CCCNC(C)CCc1ccc(Cl)cc1Cl. The zero-order chi connectivity index (χ0) is 12.0. The van der Waals surface area contributed by atoms with Gasteiger partial charge in [0.1, 0.15) is 0 Å². The molecule has 1 rings (SSSR count). The first-order chi connectivity index (χ1) is 7.63. The molecule has 0 fully saturated rings. The maximum Gasteiger partial charge on any atom is 0.0452 e. The van der Waals surface area contributed by atoms with E-state index in [0.717, 1.165) is 24.4 Å². The van der Waals surface area contributed by atoms with E-state index in [9.17, 15) is 0 Å². The Labute approximate surface area is 108 Å². The van der Waals surface area contributed by atoms with Crippen molar-refractivity contribution in [2.24, 2.45) is 0 Å². The molecule has 3 heteroatoms. The van der Waals surface area contributed by atoms with E-state index < -0.39 is 0 Å². The minimum Gasteiger partial charge on any atom is -0.314 e. The van der Waals surface area contributed by atoms with E-state index in [2.05, 4.69) is 19.2 Å². The second-order valence-electron chi connectivity index (χ2n) is 4.13. The third-order valence-corrected chi connectivity index (χ3v) is 3.19. The monoisotopic (exact) mass is 259 g/mol. The third kappa shape index (κ3) is 4.73. The predicted octanol–water partition coefficient (Wildman–Crippen LogP) is 4.31. The third-order valence-electron chi connectivity index (χ3n) is 2.60. The number of nitrogens with one attached hydrogen (secondary N) is 1. The summed E-state index contributed by atoms with van der Waals surface area (Å²) in [5.74, 6) is 0. The van der Waals surface area contributed by atoms with Gasteiger partial charge in [0, 0.05) is 16.1 Å². The highest BCUT2D eigenvalue weighted by Crippen LogP contribution is 2.22. The quantitative estimate of drug-likeness (QED) is 0.803. The molecule has 1 aromatic rings. The van der Waals surface area contributed by atoms with E-state index in [4.69, 9.17) is 23.2 Å². The molecule has 0 saturated heterocycles. The Morgan fingerprint density at radius 3 is 2.69 bits per heavy atom. The van der Waals surface area contributed by atoms with Crippen LogP contribution in [0.3, 0.4) is 0 Å². The van der Waals surface area contributed by atoms with Crippen LogP contribution in [0.5, 0.6) is 0 Å². The molecule has 0 radical (unpaired) electrons. The fraction of sp³-hybridized carbons (Fsp3) is 0.538. The molecule has 0 saturated carbocycles. The summed E-state index contributed by atoms with van der Waals surface area (Å²) in [4.78, 5) is 0. The molecule has 0 aliphatic carbocycles. The first-order valence-corrected chi connectivity index (χ1v) is 6.56. The molecule has 0 aromatic heterocycles. The molecule has 1 atom stereocenters. The van der Waals surface area contributed by atoms with Gasteiger partial charge in [-0.25, -0.2) is 0 Å². The summed E-state index contributed by atoms with van der Waals surface area (Å²) in [7, 11) is 0. The molecular formula is C13H19Cl2N. The highest BCUT2D eigenvalue weighted by Gasteiger charge is 2.04. The van der Waals surface area contributed by atoms with Gasteiger partial charge in [-0.15, -0.1) is 0 Å². The molecule has 90 valence electrons. The maximum absolute atomic E-state index is 6.11. The summed E-state index contributed by atoms with van der Waals surface area (Å²) >= 11 is 12.0. The zero-order valence-electron chi connectivity index (χ0n) is 9.89. The van der Waals surface area contributed by atoms with Crippen LogP contribution in [-0.4, -0.2) is 12.6 Å². The lowest BCUT2D eigenvalue weighted by atomic mass is 10.1. The second kappa shape index (κ2) is 7.16. The van der Waals surface area contributed by atoms with Gasteiger partial charge in [-0.2, -0.15) is 0 Å². The summed E-state index contributed by atoms with van der Waals surface area (Å²) in [6, 6.07) is 6.25. The van der Waals surface area contributed by atoms with E-state index >= 15 is 0 Å². The van der Waals surface area contributed by atoms with E-state index in [-0.39, 0.29) is 0 Å². The molecular weight excluding hydrogens is 241 g/mol. The smallest absolute Gasteiger partial charge is 0.0452 e. The summed E-state index contributed by atoms with van der Waals surface area (Å²) in [6.45, 7) is 5.46. The van der Waals surface area contributed by atoms with Crippen molar-refractivity contribution in [2.45, 2.75) is 39.2 Å². The summed E-state index contributed by atoms with van der Waals surface area (Å²) in [6.07, 6.45) is 3.27. The van der Waals surface area contributed by atoms with E-state index in [1.54, 1.807) is 0 Å². The van der Waals surface area contributed by atoms with Crippen LogP contribution in [0, 0.1) is 0 Å². The predicted molar refractivity (Wildman–Crippen MR) is 72.5 cm³/mol. The van der Waals surface area contributed by atoms with Gasteiger partial charge in [0.05, 0.1) is 0 Å². The van der Waals surface area contributed by atoms with Gasteiger partial charge < -0.3 is 5.32 Å². The molecule has 0 bridgehead atoms. The molecule has 0 aliphatic rings. The van der Waals surface area contributed by atoms with E-state index in [0.29, 0.717) is 11.1 Å². The molecule has 0 amide bonds. The standard InChI is InChI=1S/C13H19Cl2N/c1-3-8-16-10(2)4-5-11-6-7-12(14)9-13(11)15/h6-7,9-10,16H,3-5,8H2,1-2H3. The maximum atomic E-state index is 6.11. The number of aryl methyl sites for hydroxylation is 1. The topological polar surface area (TPSA) is 12.0 Å². The van der Waals surface area contributed by atoms with Crippen LogP contribution in [0.4, 0.5) is 0 Å². The number of rotatable bonds is 6. The van der Waals surface area contributed by atoms with Crippen molar-refractivity contribution in [1.29, 1.82) is 0 Å². The van der Waals surface area contributed by atoms with Gasteiger partial charge in [-0.05, 0) is 50.4 Å². The van der Waals surface area contributed by atoms with Crippen LogP contribution < -0.4 is 5.32 Å². The van der Waals surface area contributed by atoms with Crippen LogP contribution >= 0.6 is 23.2 Å². The van der Waals surface area contributed by atoms with Crippen molar-refractivity contribution in [2.75, 3.05) is 6.54 Å².